The molecule has 130 valence electrons. The van der Waals surface area contributed by atoms with Crippen molar-refractivity contribution in [3.8, 4) is 0 Å². The van der Waals surface area contributed by atoms with Gasteiger partial charge >= 0.3 is 0 Å². The van der Waals surface area contributed by atoms with Crippen LogP contribution in [0.25, 0.3) is 0 Å². The molecule has 24 heavy (non-hydrogen) atoms. The van der Waals surface area contributed by atoms with E-state index in [-0.39, 0.29) is 36.1 Å². The Hall–Kier alpha value is -2.08. The highest BCUT2D eigenvalue weighted by atomic mass is 35.5. The summed E-state index contributed by atoms with van der Waals surface area (Å²) in [5.74, 6) is -0.694. The Morgan fingerprint density at radius 2 is 2.00 bits per heavy atom. The summed E-state index contributed by atoms with van der Waals surface area (Å²) in [5.41, 5.74) is 0.475. The predicted molar refractivity (Wildman–Crippen MR) is 91.8 cm³/mol. The topological polar surface area (TPSA) is 78.5 Å². The van der Waals surface area contributed by atoms with Crippen molar-refractivity contribution in [1.29, 1.82) is 0 Å². The monoisotopic (exact) mass is 351 g/mol. The molecule has 1 aromatic carbocycles. The van der Waals surface area contributed by atoms with Crippen LogP contribution >= 0.6 is 11.6 Å². The number of hydrogen-bond acceptors (Lipinski definition) is 3. The minimum Gasteiger partial charge on any atom is -0.354 e. The van der Waals surface area contributed by atoms with E-state index >= 15 is 0 Å². The zero-order valence-electron chi connectivity index (χ0n) is 13.8. The predicted octanol–water partition coefficient (Wildman–Crippen LogP) is 1.44. The number of halogens is 1. The van der Waals surface area contributed by atoms with Gasteiger partial charge in [0.25, 0.3) is 5.91 Å². The van der Waals surface area contributed by atoms with Crippen LogP contribution in [0.3, 0.4) is 0 Å². The summed E-state index contributed by atoms with van der Waals surface area (Å²) >= 11 is 5.84. The number of nitrogens with zero attached hydrogens (tertiary/aromatic N) is 1. The van der Waals surface area contributed by atoms with Crippen molar-refractivity contribution in [2.24, 2.45) is 5.92 Å². The van der Waals surface area contributed by atoms with Crippen LogP contribution in [-0.2, 0) is 9.59 Å². The molecule has 1 aliphatic rings. The van der Waals surface area contributed by atoms with Crippen molar-refractivity contribution < 1.29 is 14.4 Å². The summed E-state index contributed by atoms with van der Waals surface area (Å²) in [6.07, 6.45) is 0.249. The van der Waals surface area contributed by atoms with E-state index in [0.717, 1.165) is 0 Å². The first-order valence-electron chi connectivity index (χ1n) is 7.99. The molecular formula is C17H22ClN3O3. The van der Waals surface area contributed by atoms with Gasteiger partial charge in [-0.3, -0.25) is 14.4 Å². The summed E-state index contributed by atoms with van der Waals surface area (Å²) in [4.78, 5) is 37.5. The lowest BCUT2D eigenvalue weighted by Crippen LogP contribution is -2.39. The smallest absolute Gasteiger partial charge is 0.251 e. The second-order valence-corrected chi connectivity index (χ2v) is 6.53. The lowest BCUT2D eigenvalue weighted by Gasteiger charge is -2.20. The first-order valence-corrected chi connectivity index (χ1v) is 8.37. The standard InChI is InChI=1S/C17H22ClN3O3/c1-11(2)21-10-13(9-15(21)22)17(24)20-7-6-19-16(23)12-4-3-5-14(18)8-12/h3-5,8,11,13H,6-7,9-10H2,1-2H3,(H,19,23)(H,20,24). The minimum atomic E-state index is -0.316. The molecule has 0 aliphatic carbocycles. The lowest BCUT2D eigenvalue weighted by molar-refractivity contribution is -0.129. The van der Waals surface area contributed by atoms with Crippen LogP contribution in [0, 0.1) is 5.92 Å². The first kappa shape index (κ1) is 18.3. The average Bonchev–Trinajstić information content (AvgIpc) is 2.93. The maximum Gasteiger partial charge on any atom is 0.251 e. The molecule has 0 saturated carbocycles. The Morgan fingerprint density at radius 1 is 1.29 bits per heavy atom. The van der Waals surface area contributed by atoms with E-state index in [0.29, 0.717) is 30.2 Å². The largest absolute Gasteiger partial charge is 0.354 e. The van der Waals surface area contributed by atoms with Gasteiger partial charge < -0.3 is 15.5 Å². The minimum absolute atomic E-state index is 0.0133. The Balaban J connectivity index is 1.72. The van der Waals surface area contributed by atoms with E-state index in [1.54, 1.807) is 29.2 Å². The fourth-order valence-electron chi connectivity index (χ4n) is 2.64. The highest BCUT2D eigenvalue weighted by Gasteiger charge is 2.35. The van der Waals surface area contributed by atoms with Crippen molar-refractivity contribution in [1.82, 2.24) is 15.5 Å². The Kier molecular flexibility index (Phi) is 6.20. The number of rotatable bonds is 6. The van der Waals surface area contributed by atoms with E-state index in [2.05, 4.69) is 10.6 Å². The van der Waals surface area contributed by atoms with E-state index in [9.17, 15) is 14.4 Å². The molecule has 3 amide bonds. The second-order valence-electron chi connectivity index (χ2n) is 6.10. The normalized spacial score (nSPS) is 17.2. The van der Waals surface area contributed by atoms with E-state index in [1.165, 1.54) is 0 Å². The highest BCUT2D eigenvalue weighted by molar-refractivity contribution is 6.30. The van der Waals surface area contributed by atoms with Gasteiger partial charge in [-0.05, 0) is 32.0 Å². The molecule has 1 aliphatic heterocycles. The molecule has 1 aromatic rings. The maximum absolute atomic E-state index is 12.1. The molecular weight excluding hydrogens is 330 g/mol. The molecule has 2 N–H and O–H groups in total. The number of carbonyl (C=O) groups is 3. The lowest BCUT2D eigenvalue weighted by atomic mass is 10.1. The molecule has 1 fully saturated rings. The third-order valence-electron chi connectivity index (χ3n) is 3.95. The summed E-state index contributed by atoms with van der Waals surface area (Å²) in [5, 5.41) is 5.98. The van der Waals surface area contributed by atoms with Gasteiger partial charge in [0.15, 0.2) is 0 Å². The average molecular weight is 352 g/mol. The van der Waals surface area contributed by atoms with Gasteiger partial charge in [0, 0.05) is 42.7 Å². The van der Waals surface area contributed by atoms with E-state index in [4.69, 9.17) is 11.6 Å². The van der Waals surface area contributed by atoms with Crippen LogP contribution in [0.1, 0.15) is 30.6 Å². The Morgan fingerprint density at radius 3 is 2.62 bits per heavy atom. The Bertz CT molecular complexity index is 633. The number of likely N-dealkylation sites (tertiary alicyclic amines) is 1. The summed E-state index contributed by atoms with van der Waals surface area (Å²) in [7, 11) is 0. The van der Waals surface area contributed by atoms with Gasteiger partial charge in [0.2, 0.25) is 11.8 Å². The summed E-state index contributed by atoms with van der Waals surface area (Å²) in [6.45, 7) is 4.95. The van der Waals surface area contributed by atoms with Crippen molar-refractivity contribution in [3.63, 3.8) is 0 Å². The molecule has 1 unspecified atom stereocenters. The molecule has 2 rings (SSSR count). The summed E-state index contributed by atoms with van der Waals surface area (Å²) in [6, 6.07) is 6.76. The molecule has 7 heteroatoms. The van der Waals surface area contributed by atoms with Gasteiger partial charge in [0.1, 0.15) is 0 Å². The van der Waals surface area contributed by atoms with E-state index in [1.807, 2.05) is 13.8 Å². The van der Waals surface area contributed by atoms with Crippen molar-refractivity contribution >= 4 is 29.3 Å². The van der Waals surface area contributed by atoms with Crippen molar-refractivity contribution in [3.05, 3.63) is 34.9 Å². The first-order chi connectivity index (χ1) is 11.4. The molecule has 1 atom stereocenters. The fourth-order valence-corrected chi connectivity index (χ4v) is 2.83. The van der Waals surface area contributed by atoms with E-state index < -0.39 is 0 Å². The fraction of sp³-hybridized carbons (Fsp3) is 0.471. The van der Waals surface area contributed by atoms with Crippen LogP contribution in [0.2, 0.25) is 5.02 Å². The van der Waals surface area contributed by atoms with Crippen molar-refractivity contribution in [2.45, 2.75) is 26.3 Å². The zero-order chi connectivity index (χ0) is 17.7. The molecule has 0 aromatic heterocycles. The number of amides is 3. The van der Waals surface area contributed by atoms with Crippen LogP contribution < -0.4 is 10.6 Å². The molecule has 0 spiro atoms. The van der Waals surface area contributed by atoms with Crippen LogP contribution in [0.5, 0.6) is 0 Å². The van der Waals surface area contributed by atoms with Gasteiger partial charge in [-0.2, -0.15) is 0 Å². The van der Waals surface area contributed by atoms with Crippen LogP contribution in [0.15, 0.2) is 24.3 Å². The van der Waals surface area contributed by atoms with Crippen LogP contribution in [0.4, 0.5) is 0 Å². The molecule has 0 radical (unpaired) electrons. The SMILES string of the molecule is CC(C)N1CC(C(=O)NCCNC(=O)c2cccc(Cl)c2)CC1=O. The Labute approximate surface area is 146 Å². The highest BCUT2D eigenvalue weighted by Crippen LogP contribution is 2.20. The third kappa shape index (κ3) is 4.71. The van der Waals surface area contributed by atoms with Gasteiger partial charge in [0.05, 0.1) is 5.92 Å². The number of carbonyl (C=O) groups excluding carboxylic acids is 3. The number of benzene rings is 1. The molecule has 1 heterocycles. The number of hydrogen-bond donors (Lipinski definition) is 2. The molecule has 6 nitrogen and oxygen atoms in total. The van der Waals surface area contributed by atoms with Gasteiger partial charge in [-0.15, -0.1) is 0 Å². The van der Waals surface area contributed by atoms with Crippen LogP contribution in [-0.4, -0.2) is 48.3 Å². The molecule has 1 saturated heterocycles. The third-order valence-corrected chi connectivity index (χ3v) is 4.18. The molecule has 0 bridgehead atoms. The quantitative estimate of drug-likeness (QED) is 0.761. The maximum atomic E-state index is 12.1. The number of nitrogens with one attached hydrogen (secondary N) is 2. The van der Waals surface area contributed by atoms with Gasteiger partial charge in [-0.25, -0.2) is 0 Å². The van der Waals surface area contributed by atoms with Gasteiger partial charge in [-0.1, -0.05) is 17.7 Å². The zero-order valence-corrected chi connectivity index (χ0v) is 14.6. The second kappa shape index (κ2) is 8.15. The summed E-state index contributed by atoms with van der Waals surface area (Å²) < 4.78 is 0. The van der Waals surface area contributed by atoms with Crippen molar-refractivity contribution in [2.75, 3.05) is 19.6 Å².